The maximum Gasteiger partial charge on any atom is 0.232 e. The van der Waals surface area contributed by atoms with Gasteiger partial charge in [0.05, 0.1) is 17.5 Å². The van der Waals surface area contributed by atoms with Crippen molar-refractivity contribution in [3.63, 3.8) is 0 Å². The minimum Gasteiger partial charge on any atom is -0.368 e. The molecule has 0 unspecified atom stereocenters. The van der Waals surface area contributed by atoms with Gasteiger partial charge in [0.2, 0.25) is 5.91 Å². The number of piperazine rings is 1. The topological polar surface area (TPSA) is 67.2 Å². The zero-order chi connectivity index (χ0) is 18.5. The fourth-order valence-corrected chi connectivity index (χ4v) is 4.75. The second-order valence-corrected chi connectivity index (χ2v) is 8.16. The van der Waals surface area contributed by atoms with Crippen molar-refractivity contribution in [2.75, 3.05) is 36.8 Å². The van der Waals surface area contributed by atoms with Crippen molar-refractivity contribution in [3.05, 3.63) is 36.2 Å². The number of carbonyl (C=O) groups excluding carboxylic acids is 1. The van der Waals surface area contributed by atoms with Crippen molar-refractivity contribution in [1.82, 2.24) is 25.1 Å². The summed E-state index contributed by atoms with van der Waals surface area (Å²) in [6.07, 6.45) is 4.83. The number of nitrogens with zero attached hydrogens (tertiary/aromatic N) is 6. The molecule has 27 heavy (non-hydrogen) atoms. The van der Waals surface area contributed by atoms with Crippen LogP contribution >= 0.6 is 11.8 Å². The second kappa shape index (κ2) is 8.73. The lowest BCUT2D eigenvalue weighted by molar-refractivity contribution is -0.128. The highest BCUT2D eigenvalue weighted by Gasteiger charge is 2.23. The Morgan fingerprint density at radius 3 is 2.56 bits per heavy atom. The van der Waals surface area contributed by atoms with Gasteiger partial charge >= 0.3 is 0 Å². The lowest BCUT2D eigenvalue weighted by Gasteiger charge is -2.36. The van der Waals surface area contributed by atoms with E-state index in [2.05, 4.69) is 44.7 Å². The van der Waals surface area contributed by atoms with Gasteiger partial charge in [-0.3, -0.25) is 4.79 Å². The number of aromatic nitrogens is 4. The first kappa shape index (κ1) is 18.3. The van der Waals surface area contributed by atoms with Gasteiger partial charge in [-0.1, -0.05) is 31.0 Å². The van der Waals surface area contributed by atoms with E-state index in [1.165, 1.54) is 18.5 Å². The summed E-state index contributed by atoms with van der Waals surface area (Å²) in [6.45, 7) is 3.35. The van der Waals surface area contributed by atoms with Gasteiger partial charge in [-0.25, -0.2) is 4.68 Å². The monoisotopic (exact) mass is 386 g/mol. The molecule has 0 spiro atoms. The Kier molecular flexibility index (Phi) is 5.91. The Hall–Kier alpha value is -2.09. The number of rotatable bonds is 6. The highest BCUT2D eigenvalue weighted by atomic mass is 32.2. The molecule has 0 radical (unpaired) electrons. The van der Waals surface area contributed by atoms with Gasteiger partial charge in [0.25, 0.3) is 0 Å². The molecule has 1 saturated heterocycles. The number of tetrazole rings is 1. The molecule has 0 bridgehead atoms. The van der Waals surface area contributed by atoms with E-state index in [-0.39, 0.29) is 5.91 Å². The zero-order valence-corrected chi connectivity index (χ0v) is 16.4. The van der Waals surface area contributed by atoms with E-state index in [9.17, 15) is 4.79 Å². The Balaban J connectivity index is 1.22. The van der Waals surface area contributed by atoms with E-state index in [1.54, 1.807) is 11.8 Å². The fourth-order valence-electron chi connectivity index (χ4n) is 3.91. The summed E-state index contributed by atoms with van der Waals surface area (Å²) >= 11 is 1.61. The maximum absolute atomic E-state index is 12.5. The normalized spacial score (nSPS) is 18.2. The van der Waals surface area contributed by atoms with Crippen LogP contribution in [0.15, 0.2) is 30.3 Å². The van der Waals surface area contributed by atoms with Gasteiger partial charge < -0.3 is 9.80 Å². The van der Waals surface area contributed by atoms with E-state index >= 15 is 0 Å². The first-order chi connectivity index (χ1) is 13.3. The molecule has 1 amide bonds. The molecule has 2 fully saturated rings. The van der Waals surface area contributed by atoms with Crippen molar-refractivity contribution in [3.8, 4) is 0 Å². The summed E-state index contributed by atoms with van der Waals surface area (Å²) < 4.78 is 1.98. The van der Waals surface area contributed by atoms with Gasteiger partial charge in [-0.05, 0) is 35.4 Å². The quantitative estimate of drug-likeness (QED) is 0.759. The van der Waals surface area contributed by atoms with Gasteiger partial charge in [-0.2, -0.15) is 0 Å². The van der Waals surface area contributed by atoms with Crippen LogP contribution in [0.5, 0.6) is 0 Å². The summed E-state index contributed by atoms with van der Waals surface area (Å²) in [7, 11) is 0. The Morgan fingerprint density at radius 1 is 1.07 bits per heavy atom. The fraction of sp³-hybridized carbons (Fsp3) is 0.579. The molecule has 144 valence electrons. The van der Waals surface area contributed by atoms with Gasteiger partial charge in [0.1, 0.15) is 0 Å². The Labute approximate surface area is 164 Å². The van der Waals surface area contributed by atoms with Crippen molar-refractivity contribution >= 4 is 23.4 Å². The molecule has 2 aliphatic rings. The minimum absolute atomic E-state index is 0.215. The van der Waals surface area contributed by atoms with Crippen LogP contribution in [0, 0.1) is 0 Å². The Morgan fingerprint density at radius 2 is 1.81 bits per heavy atom. The molecule has 2 aromatic rings. The molecular weight excluding hydrogens is 360 g/mol. The van der Waals surface area contributed by atoms with E-state index in [0.717, 1.165) is 44.8 Å². The molecule has 1 aromatic carbocycles. The van der Waals surface area contributed by atoms with Crippen molar-refractivity contribution in [2.45, 2.75) is 37.5 Å². The largest absolute Gasteiger partial charge is 0.368 e. The molecule has 2 heterocycles. The lowest BCUT2D eigenvalue weighted by Crippen LogP contribution is -2.49. The molecule has 1 aromatic heterocycles. The van der Waals surface area contributed by atoms with Crippen molar-refractivity contribution < 1.29 is 4.79 Å². The number of thioether (sulfide) groups is 1. The predicted molar refractivity (Wildman–Crippen MR) is 107 cm³/mol. The van der Waals surface area contributed by atoms with E-state index in [0.29, 0.717) is 17.5 Å². The first-order valence-electron chi connectivity index (χ1n) is 9.73. The third kappa shape index (κ3) is 4.43. The summed E-state index contributed by atoms with van der Waals surface area (Å²) in [5.41, 5.74) is 1.23. The standard InChI is InChI=1S/C19H26N6OS/c26-19(24-12-10-23(11-13-24)16-6-2-1-3-7-16)15-27-14-18-20-21-22-25(18)17-8-4-5-9-17/h1-3,6-7,17H,4-5,8-15H2. The van der Waals surface area contributed by atoms with Gasteiger partial charge in [0, 0.05) is 31.9 Å². The molecule has 4 rings (SSSR count). The summed E-state index contributed by atoms with van der Waals surface area (Å²) in [4.78, 5) is 16.9. The number of para-hydroxylation sites is 1. The first-order valence-corrected chi connectivity index (χ1v) is 10.9. The summed E-state index contributed by atoms with van der Waals surface area (Å²) in [5, 5.41) is 12.2. The smallest absolute Gasteiger partial charge is 0.232 e. The number of benzene rings is 1. The van der Waals surface area contributed by atoms with Crippen molar-refractivity contribution in [1.29, 1.82) is 0 Å². The Bertz CT molecular complexity index is 738. The molecule has 1 saturated carbocycles. The van der Waals surface area contributed by atoms with E-state index in [1.807, 2.05) is 15.6 Å². The number of carbonyl (C=O) groups is 1. The predicted octanol–water partition coefficient (Wildman–Crippen LogP) is 2.37. The highest BCUT2D eigenvalue weighted by Crippen LogP contribution is 2.29. The van der Waals surface area contributed by atoms with Crippen LogP contribution < -0.4 is 4.90 Å². The van der Waals surface area contributed by atoms with Crippen LogP contribution in [0.25, 0.3) is 0 Å². The second-order valence-electron chi connectivity index (χ2n) is 7.17. The molecule has 0 atom stereocenters. The third-order valence-corrected chi connectivity index (χ3v) is 6.36. The zero-order valence-electron chi connectivity index (χ0n) is 15.5. The molecule has 8 heteroatoms. The van der Waals surface area contributed by atoms with Gasteiger partial charge in [-0.15, -0.1) is 16.9 Å². The number of amides is 1. The van der Waals surface area contributed by atoms with Crippen LogP contribution in [0.3, 0.4) is 0 Å². The molecule has 1 aliphatic carbocycles. The average molecular weight is 387 g/mol. The van der Waals surface area contributed by atoms with Crippen molar-refractivity contribution in [2.24, 2.45) is 0 Å². The van der Waals surface area contributed by atoms with Gasteiger partial charge in [0.15, 0.2) is 5.82 Å². The third-order valence-electron chi connectivity index (χ3n) is 5.44. The van der Waals surface area contributed by atoms with Crippen LogP contribution in [-0.2, 0) is 10.5 Å². The summed E-state index contributed by atoms with van der Waals surface area (Å²) in [5.74, 6) is 2.29. The van der Waals surface area contributed by atoms with Crippen LogP contribution in [0.4, 0.5) is 5.69 Å². The van der Waals surface area contributed by atoms with Crippen LogP contribution in [0.2, 0.25) is 0 Å². The maximum atomic E-state index is 12.5. The van der Waals surface area contributed by atoms with E-state index in [4.69, 9.17) is 0 Å². The average Bonchev–Trinajstić information content (AvgIpc) is 3.40. The van der Waals surface area contributed by atoms with Crippen LogP contribution in [-0.4, -0.2) is 62.9 Å². The minimum atomic E-state index is 0.215. The van der Waals surface area contributed by atoms with Crippen LogP contribution in [0.1, 0.15) is 37.5 Å². The van der Waals surface area contributed by atoms with E-state index < -0.39 is 0 Å². The SMILES string of the molecule is O=C(CSCc1nnnn1C1CCCC1)N1CCN(c2ccccc2)CC1. The molecule has 7 nitrogen and oxygen atoms in total. The number of anilines is 1. The lowest BCUT2D eigenvalue weighted by atomic mass is 10.2. The molecular formula is C19H26N6OS. The number of hydrogen-bond donors (Lipinski definition) is 0. The number of hydrogen-bond acceptors (Lipinski definition) is 6. The summed E-state index contributed by atoms with van der Waals surface area (Å²) in [6, 6.07) is 10.8. The molecule has 0 N–H and O–H groups in total. The molecule has 1 aliphatic heterocycles. The highest BCUT2D eigenvalue weighted by molar-refractivity contribution is 7.99.